The lowest BCUT2D eigenvalue weighted by molar-refractivity contribution is 0.293. The van der Waals surface area contributed by atoms with Crippen molar-refractivity contribution in [3.05, 3.63) is 22.4 Å². The van der Waals surface area contributed by atoms with Crippen molar-refractivity contribution in [3.8, 4) is 0 Å². The molecule has 1 heterocycles. The van der Waals surface area contributed by atoms with E-state index in [1.807, 2.05) is 0 Å². The van der Waals surface area contributed by atoms with Crippen molar-refractivity contribution in [1.29, 1.82) is 0 Å². The number of nitrogens with one attached hydrogen (secondary N) is 1. The van der Waals surface area contributed by atoms with E-state index < -0.39 is 0 Å². The highest BCUT2D eigenvalue weighted by molar-refractivity contribution is 7.07. The van der Waals surface area contributed by atoms with Gasteiger partial charge in [0.2, 0.25) is 0 Å². The van der Waals surface area contributed by atoms with Crippen LogP contribution in [0, 0.1) is 0 Å². The Morgan fingerprint density at radius 1 is 1.45 bits per heavy atom. The largest absolute Gasteiger partial charge is 0.395 e. The second-order valence-electron chi connectivity index (χ2n) is 2.36. The maximum Gasteiger partial charge on any atom is 0.0555 e. The summed E-state index contributed by atoms with van der Waals surface area (Å²) in [6.45, 7) is 1.88. The van der Waals surface area contributed by atoms with Crippen molar-refractivity contribution in [3.63, 3.8) is 0 Å². The fourth-order valence-corrected chi connectivity index (χ4v) is 1.57. The van der Waals surface area contributed by atoms with Crippen LogP contribution in [0.5, 0.6) is 0 Å². The highest BCUT2D eigenvalue weighted by Gasteiger charge is 1.91. The van der Waals surface area contributed by atoms with Gasteiger partial charge in [0, 0.05) is 6.54 Å². The standard InChI is InChI=1S/C8H13NOS/c10-5-4-9-3-1-8-2-6-11-7-8/h2,6-7,9-10H,1,3-5H2. The zero-order valence-electron chi connectivity index (χ0n) is 6.42. The zero-order chi connectivity index (χ0) is 7.94. The molecule has 0 aliphatic rings. The molecule has 2 nitrogen and oxygen atoms in total. The predicted molar refractivity (Wildman–Crippen MR) is 48.0 cm³/mol. The van der Waals surface area contributed by atoms with E-state index in [-0.39, 0.29) is 6.61 Å². The molecule has 0 radical (unpaired) electrons. The summed E-state index contributed by atoms with van der Waals surface area (Å²) in [6, 6.07) is 2.13. The summed E-state index contributed by atoms with van der Waals surface area (Å²) in [7, 11) is 0. The molecule has 0 aromatic carbocycles. The molecule has 1 rings (SSSR count). The Hall–Kier alpha value is -0.380. The van der Waals surface area contributed by atoms with Gasteiger partial charge in [-0.2, -0.15) is 11.3 Å². The van der Waals surface area contributed by atoms with Gasteiger partial charge in [-0.3, -0.25) is 0 Å². The Labute approximate surface area is 70.9 Å². The van der Waals surface area contributed by atoms with Crippen molar-refractivity contribution in [2.45, 2.75) is 6.42 Å². The van der Waals surface area contributed by atoms with Gasteiger partial charge < -0.3 is 10.4 Å². The molecule has 11 heavy (non-hydrogen) atoms. The normalized spacial score (nSPS) is 10.3. The van der Waals surface area contributed by atoms with Gasteiger partial charge in [-0.05, 0) is 35.4 Å². The van der Waals surface area contributed by atoms with E-state index in [0.717, 1.165) is 13.0 Å². The van der Waals surface area contributed by atoms with Crippen LogP contribution in [0.15, 0.2) is 16.8 Å². The Morgan fingerprint density at radius 3 is 3.00 bits per heavy atom. The third-order valence-corrected chi connectivity index (χ3v) is 2.19. The van der Waals surface area contributed by atoms with Crippen molar-refractivity contribution in [1.82, 2.24) is 5.32 Å². The SMILES string of the molecule is OCCNCCc1ccsc1. The molecule has 0 aliphatic carbocycles. The number of hydrogen-bond acceptors (Lipinski definition) is 3. The van der Waals surface area contributed by atoms with E-state index in [1.165, 1.54) is 5.56 Å². The lowest BCUT2D eigenvalue weighted by Gasteiger charge is -1.99. The molecule has 1 aromatic rings. The average molecular weight is 171 g/mol. The van der Waals surface area contributed by atoms with Gasteiger partial charge in [0.15, 0.2) is 0 Å². The van der Waals surface area contributed by atoms with Crippen LogP contribution in [-0.4, -0.2) is 24.8 Å². The van der Waals surface area contributed by atoms with E-state index >= 15 is 0 Å². The van der Waals surface area contributed by atoms with E-state index in [0.29, 0.717) is 6.54 Å². The second kappa shape index (κ2) is 5.29. The van der Waals surface area contributed by atoms with Gasteiger partial charge in [0.1, 0.15) is 0 Å². The van der Waals surface area contributed by atoms with Crippen LogP contribution >= 0.6 is 11.3 Å². The maximum absolute atomic E-state index is 8.46. The van der Waals surface area contributed by atoms with E-state index in [9.17, 15) is 0 Å². The van der Waals surface area contributed by atoms with Gasteiger partial charge in [0.05, 0.1) is 6.61 Å². The molecule has 0 amide bonds. The molecule has 0 bridgehead atoms. The Kier molecular flexibility index (Phi) is 4.19. The first-order valence-electron chi connectivity index (χ1n) is 3.76. The van der Waals surface area contributed by atoms with Crippen LogP contribution in [0.4, 0.5) is 0 Å². The average Bonchev–Trinajstić information content (AvgIpc) is 2.50. The van der Waals surface area contributed by atoms with Crippen molar-refractivity contribution in [2.75, 3.05) is 19.7 Å². The third kappa shape index (κ3) is 3.51. The Balaban J connectivity index is 2.04. The van der Waals surface area contributed by atoms with Crippen LogP contribution in [0.3, 0.4) is 0 Å². The monoisotopic (exact) mass is 171 g/mol. The van der Waals surface area contributed by atoms with Crippen LogP contribution in [0.2, 0.25) is 0 Å². The second-order valence-corrected chi connectivity index (χ2v) is 3.14. The zero-order valence-corrected chi connectivity index (χ0v) is 7.23. The minimum absolute atomic E-state index is 0.226. The molecule has 0 fully saturated rings. The first-order chi connectivity index (χ1) is 5.43. The molecule has 0 unspecified atom stereocenters. The van der Waals surface area contributed by atoms with Gasteiger partial charge in [-0.25, -0.2) is 0 Å². The summed E-state index contributed by atoms with van der Waals surface area (Å²) in [6.07, 6.45) is 1.06. The molecule has 0 saturated heterocycles. The van der Waals surface area contributed by atoms with Gasteiger partial charge >= 0.3 is 0 Å². The molecule has 0 saturated carbocycles. The highest BCUT2D eigenvalue weighted by Crippen LogP contribution is 2.05. The third-order valence-electron chi connectivity index (χ3n) is 1.46. The number of aliphatic hydroxyl groups excluding tert-OH is 1. The molecule has 2 N–H and O–H groups in total. The summed E-state index contributed by atoms with van der Waals surface area (Å²) >= 11 is 1.73. The van der Waals surface area contributed by atoms with Crippen LogP contribution in [0.1, 0.15) is 5.56 Å². The predicted octanol–water partition coefficient (Wildman–Crippen LogP) is 0.872. The molecule has 3 heteroatoms. The molecule has 1 aromatic heterocycles. The number of rotatable bonds is 5. The Morgan fingerprint density at radius 2 is 2.36 bits per heavy atom. The highest BCUT2D eigenvalue weighted by atomic mass is 32.1. The van der Waals surface area contributed by atoms with E-state index in [2.05, 4.69) is 22.1 Å². The fraction of sp³-hybridized carbons (Fsp3) is 0.500. The first kappa shape index (κ1) is 8.71. The first-order valence-corrected chi connectivity index (χ1v) is 4.70. The fourth-order valence-electron chi connectivity index (χ4n) is 0.872. The van der Waals surface area contributed by atoms with Crippen molar-refractivity contribution in [2.24, 2.45) is 0 Å². The number of hydrogen-bond donors (Lipinski definition) is 2. The minimum atomic E-state index is 0.226. The Bertz CT molecular complexity index is 174. The smallest absolute Gasteiger partial charge is 0.0555 e. The lowest BCUT2D eigenvalue weighted by Crippen LogP contribution is -2.20. The topological polar surface area (TPSA) is 32.3 Å². The van der Waals surface area contributed by atoms with Crippen LogP contribution in [0.25, 0.3) is 0 Å². The molecular weight excluding hydrogens is 158 g/mol. The van der Waals surface area contributed by atoms with Gasteiger partial charge in [-0.1, -0.05) is 0 Å². The molecule has 0 aliphatic heterocycles. The quantitative estimate of drug-likeness (QED) is 0.644. The summed E-state index contributed by atoms with van der Waals surface area (Å²) in [5, 5.41) is 15.8. The number of thiophene rings is 1. The summed E-state index contributed by atoms with van der Waals surface area (Å²) in [5.74, 6) is 0. The van der Waals surface area contributed by atoms with E-state index in [4.69, 9.17) is 5.11 Å². The molecular formula is C8H13NOS. The molecule has 62 valence electrons. The van der Waals surface area contributed by atoms with Gasteiger partial charge in [-0.15, -0.1) is 0 Å². The summed E-state index contributed by atoms with van der Waals surface area (Å²) < 4.78 is 0. The number of aliphatic hydroxyl groups is 1. The summed E-state index contributed by atoms with van der Waals surface area (Å²) in [5.41, 5.74) is 1.38. The lowest BCUT2D eigenvalue weighted by atomic mass is 10.2. The molecule has 0 atom stereocenters. The summed E-state index contributed by atoms with van der Waals surface area (Å²) in [4.78, 5) is 0. The van der Waals surface area contributed by atoms with E-state index in [1.54, 1.807) is 11.3 Å². The molecule has 0 spiro atoms. The van der Waals surface area contributed by atoms with Crippen molar-refractivity contribution >= 4 is 11.3 Å². The minimum Gasteiger partial charge on any atom is -0.395 e. The maximum atomic E-state index is 8.46. The van der Waals surface area contributed by atoms with Crippen LogP contribution < -0.4 is 5.32 Å². The van der Waals surface area contributed by atoms with Crippen LogP contribution in [-0.2, 0) is 6.42 Å². The van der Waals surface area contributed by atoms with Gasteiger partial charge in [0.25, 0.3) is 0 Å². The van der Waals surface area contributed by atoms with Crippen molar-refractivity contribution < 1.29 is 5.11 Å².